The van der Waals surface area contributed by atoms with Crippen LogP contribution in [0.1, 0.15) is 47.1 Å². The Morgan fingerprint density at radius 1 is 1.40 bits per heavy atom. The molecule has 1 saturated heterocycles. The number of hydrogen-bond acceptors (Lipinski definition) is 4. The molecule has 1 amide bonds. The largest absolute Gasteiger partial charge is 0.433 e. The van der Waals surface area contributed by atoms with Gasteiger partial charge < -0.3 is 10.6 Å². The SMILES string of the molecule is Cc1c(C(=O)N2CCCCC2C(C)N)sc2nc(C(F)(F)F)ccc12. The van der Waals surface area contributed by atoms with Crippen LogP contribution in [0.25, 0.3) is 10.2 Å². The van der Waals surface area contributed by atoms with Crippen LogP contribution in [-0.4, -0.2) is 34.4 Å². The van der Waals surface area contributed by atoms with Crippen LogP contribution < -0.4 is 5.73 Å². The summed E-state index contributed by atoms with van der Waals surface area (Å²) in [6, 6.07) is 2.17. The van der Waals surface area contributed by atoms with Gasteiger partial charge in [-0.25, -0.2) is 4.98 Å². The number of thiophene rings is 1. The Morgan fingerprint density at radius 3 is 2.76 bits per heavy atom. The second kappa shape index (κ2) is 6.57. The Bertz CT molecular complexity index is 800. The molecule has 2 N–H and O–H groups in total. The molecular formula is C17H20F3N3OS. The zero-order chi connectivity index (χ0) is 18.4. The van der Waals surface area contributed by atoms with Gasteiger partial charge in [0, 0.05) is 24.0 Å². The summed E-state index contributed by atoms with van der Waals surface area (Å²) in [4.78, 5) is 19.2. The van der Waals surface area contributed by atoms with Crippen LogP contribution in [0.3, 0.4) is 0 Å². The highest BCUT2D eigenvalue weighted by molar-refractivity contribution is 7.20. The van der Waals surface area contributed by atoms with E-state index >= 15 is 0 Å². The van der Waals surface area contributed by atoms with E-state index in [0.717, 1.165) is 36.7 Å². The Hall–Kier alpha value is -1.67. The monoisotopic (exact) mass is 371 g/mol. The van der Waals surface area contributed by atoms with E-state index in [1.807, 2.05) is 6.92 Å². The first-order valence-corrected chi connectivity index (χ1v) is 9.05. The molecule has 0 bridgehead atoms. The van der Waals surface area contributed by atoms with Crippen LogP contribution in [0, 0.1) is 6.92 Å². The molecule has 3 rings (SSSR count). The minimum absolute atomic E-state index is 0.0374. The van der Waals surface area contributed by atoms with Crippen LogP contribution >= 0.6 is 11.3 Å². The molecule has 136 valence electrons. The number of fused-ring (bicyclic) bond motifs is 1. The summed E-state index contributed by atoms with van der Waals surface area (Å²) < 4.78 is 38.6. The number of pyridine rings is 1. The lowest BCUT2D eigenvalue weighted by Gasteiger charge is -2.38. The minimum atomic E-state index is -4.50. The fourth-order valence-electron chi connectivity index (χ4n) is 3.35. The van der Waals surface area contributed by atoms with Gasteiger partial charge in [-0.1, -0.05) is 0 Å². The lowest BCUT2D eigenvalue weighted by molar-refractivity contribution is -0.140. The number of hydrogen-bond donors (Lipinski definition) is 1. The molecular weight excluding hydrogens is 351 g/mol. The summed E-state index contributed by atoms with van der Waals surface area (Å²) in [6.07, 6.45) is -1.71. The van der Waals surface area contributed by atoms with Crippen molar-refractivity contribution < 1.29 is 18.0 Å². The van der Waals surface area contributed by atoms with Crippen LogP contribution in [0.4, 0.5) is 13.2 Å². The third-order valence-electron chi connectivity index (χ3n) is 4.71. The molecule has 2 atom stereocenters. The van der Waals surface area contributed by atoms with E-state index in [1.165, 1.54) is 6.07 Å². The van der Waals surface area contributed by atoms with Gasteiger partial charge in [-0.3, -0.25) is 4.79 Å². The summed E-state index contributed by atoms with van der Waals surface area (Å²) in [6.45, 7) is 4.26. The Balaban J connectivity index is 2.00. The Kier molecular flexibility index (Phi) is 4.76. The molecule has 0 saturated carbocycles. The van der Waals surface area contributed by atoms with Gasteiger partial charge in [0.1, 0.15) is 10.5 Å². The normalized spacial score (nSPS) is 20.1. The third-order valence-corrected chi connectivity index (χ3v) is 5.89. The van der Waals surface area contributed by atoms with E-state index in [9.17, 15) is 18.0 Å². The summed E-state index contributed by atoms with van der Waals surface area (Å²) in [5, 5.41) is 0.593. The van der Waals surface area contributed by atoms with Crippen molar-refractivity contribution in [3.8, 4) is 0 Å². The fourth-order valence-corrected chi connectivity index (χ4v) is 4.48. The van der Waals surface area contributed by atoms with Gasteiger partial charge in [0.25, 0.3) is 5.91 Å². The van der Waals surface area contributed by atoms with Gasteiger partial charge in [0.05, 0.1) is 4.88 Å². The number of alkyl halides is 3. The molecule has 2 aromatic heterocycles. The number of carbonyl (C=O) groups is 1. The number of piperidine rings is 1. The van der Waals surface area contributed by atoms with Crippen LogP contribution in [0.5, 0.6) is 0 Å². The molecule has 1 aliphatic rings. The number of amides is 1. The van der Waals surface area contributed by atoms with Crippen molar-refractivity contribution in [3.63, 3.8) is 0 Å². The van der Waals surface area contributed by atoms with Crippen LogP contribution in [-0.2, 0) is 6.18 Å². The lowest BCUT2D eigenvalue weighted by Crippen LogP contribution is -2.51. The van der Waals surface area contributed by atoms with Gasteiger partial charge in [-0.05, 0) is 50.8 Å². The van der Waals surface area contributed by atoms with E-state index < -0.39 is 11.9 Å². The van der Waals surface area contributed by atoms with Gasteiger partial charge in [-0.15, -0.1) is 11.3 Å². The van der Waals surface area contributed by atoms with Crippen LogP contribution in [0.2, 0.25) is 0 Å². The lowest BCUT2D eigenvalue weighted by atomic mass is 9.96. The summed E-state index contributed by atoms with van der Waals surface area (Å²) in [7, 11) is 0. The number of carbonyl (C=O) groups excluding carboxylic acids is 1. The number of aromatic nitrogens is 1. The first kappa shape index (κ1) is 18.1. The molecule has 1 fully saturated rings. The van der Waals surface area contributed by atoms with Gasteiger partial charge >= 0.3 is 6.18 Å². The topological polar surface area (TPSA) is 59.2 Å². The molecule has 25 heavy (non-hydrogen) atoms. The molecule has 0 aliphatic carbocycles. The predicted octanol–water partition coefficient (Wildman–Crippen LogP) is 3.97. The first-order valence-electron chi connectivity index (χ1n) is 8.24. The predicted molar refractivity (Wildman–Crippen MR) is 91.7 cm³/mol. The van der Waals surface area contributed by atoms with E-state index in [4.69, 9.17) is 5.73 Å². The smallest absolute Gasteiger partial charge is 0.333 e. The van der Waals surface area contributed by atoms with Crippen molar-refractivity contribution in [1.82, 2.24) is 9.88 Å². The highest BCUT2D eigenvalue weighted by atomic mass is 32.1. The maximum atomic E-state index is 13.0. The fraction of sp³-hybridized carbons (Fsp3) is 0.529. The van der Waals surface area contributed by atoms with Crippen molar-refractivity contribution in [3.05, 3.63) is 28.3 Å². The Morgan fingerprint density at radius 2 is 2.12 bits per heavy atom. The second-order valence-corrected chi connectivity index (χ2v) is 7.52. The van der Waals surface area contributed by atoms with E-state index in [2.05, 4.69) is 4.98 Å². The molecule has 2 unspecified atom stereocenters. The number of aryl methyl sites for hydroxylation is 1. The molecule has 4 nitrogen and oxygen atoms in total. The highest BCUT2D eigenvalue weighted by Gasteiger charge is 2.34. The van der Waals surface area contributed by atoms with E-state index in [0.29, 0.717) is 22.4 Å². The van der Waals surface area contributed by atoms with Crippen molar-refractivity contribution in [2.45, 2.75) is 51.4 Å². The third kappa shape index (κ3) is 3.37. The number of likely N-dealkylation sites (tertiary alicyclic amines) is 1. The summed E-state index contributed by atoms with van der Waals surface area (Å²) in [5.41, 5.74) is 5.77. The highest BCUT2D eigenvalue weighted by Crippen LogP contribution is 2.35. The number of rotatable bonds is 2. The zero-order valence-corrected chi connectivity index (χ0v) is 14.9. The van der Waals surface area contributed by atoms with E-state index in [1.54, 1.807) is 11.8 Å². The molecule has 0 radical (unpaired) electrons. The Labute approximate surface area is 147 Å². The first-order chi connectivity index (χ1) is 11.7. The standard InChI is InChI=1S/C17H20F3N3OS/c1-9-11-6-7-13(17(18,19)20)22-15(11)25-14(9)16(24)23-8-4-3-5-12(23)10(2)21/h6-7,10,12H,3-5,8,21H2,1-2H3. The zero-order valence-electron chi connectivity index (χ0n) is 14.1. The quantitative estimate of drug-likeness (QED) is 0.869. The maximum absolute atomic E-state index is 13.0. The van der Waals surface area contributed by atoms with Crippen LogP contribution in [0.15, 0.2) is 12.1 Å². The molecule has 0 aromatic carbocycles. The average Bonchev–Trinajstić information content (AvgIpc) is 2.90. The second-order valence-electron chi connectivity index (χ2n) is 6.52. The molecule has 0 spiro atoms. The van der Waals surface area contributed by atoms with E-state index in [-0.39, 0.29) is 22.8 Å². The van der Waals surface area contributed by atoms with Crippen molar-refractivity contribution >= 4 is 27.5 Å². The molecule has 1 aliphatic heterocycles. The van der Waals surface area contributed by atoms with Crippen molar-refractivity contribution in [1.29, 1.82) is 0 Å². The maximum Gasteiger partial charge on any atom is 0.433 e. The molecule has 8 heteroatoms. The summed E-state index contributed by atoms with van der Waals surface area (Å²) >= 11 is 1.03. The number of nitrogens with two attached hydrogens (primary N) is 1. The van der Waals surface area contributed by atoms with Gasteiger partial charge in [-0.2, -0.15) is 13.2 Å². The molecule has 2 aromatic rings. The van der Waals surface area contributed by atoms with Gasteiger partial charge in [0.15, 0.2) is 0 Å². The van der Waals surface area contributed by atoms with Crippen molar-refractivity contribution in [2.24, 2.45) is 5.73 Å². The average molecular weight is 371 g/mol. The summed E-state index contributed by atoms with van der Waals surface area (Å²) in [5.74, 6) is -0.156. The van der Waals surface area contributed by atoms with Crippen molar-refractivity contribution in [2.75, 3.05) is 6.54 Å². The number of halogens is 3. The minimum Gasteiger partial charge on any atom is -0.333 e. The molecule has 3 heterocycles. The number of nitrogens with zero attached hydrogens (tertiary/aromatic N) is 2. The van der Waals surface area contributed by atoms with Gasteiger partial charge in [0.2, 0.25) is 0 Å².